The number of ether oxygens (including phenoxy) is 1. The van der Waals surface area contributed by atoms with Gasteiger partial charge in [-0.1, -0.05) is 31.0 Å². The molecule has 1 fully saturated rings. The molecule has 0 spiro atoms. The molecule has 1 aromatic carbocycles. The van der Waals surface area contributed by atoms with Crippen LogP contribution in [0.25, 0.3) is 0 Å². The van der Waals surface area contributed by atoms with Crippen LogP contribution < -0.4 is 10.1 Å². The minimum Gasteiger partial charge on any atom is -0.496 e. The predicted octanol–water partition coefficient (Wildman–Crippen LogP) is 2.90. The van der Waals surface area contributed by atoms with Crippen molar-refractivity contribution in [3.8, 4) is 5.75 Å². The number of methoxy groups -OCH3 is 1. The fraction of sp³-hybridized carbons (Fsp3) is 0.538. The molecule has 0 amide bonds. The number of para-hydroxylation sites is 1. The largest absolute Gasteiger partial charge is 0.496 e. The zero-order chi connectivity index (χ0) is 10.5. The number of nitrogens with one attached hydrogen (secondary N) is 1. The molecule has 0 bridgehead atoms. The van der Waals surface area contributed by atoms with Gasteiger partial charge in [-0.3, -0.25) is 0 Å². The van der Waals surface area contributed by atoms with Crippen LogP contribution in [0.5, 0.6) is 5.75 Å². The molecule has 1 aliphatic rings. The molecule has 1 aliphatic heterocycles. The molecule has 1 unspecified atom stereocenters. The minimum atomic E-state index is 0.476. The van der Waals surface area contributed by atoms with Gasteiger partial charge in [-0.2, -0.15) is 0 Å². The molecular formula is C13H19NO. The Kier molecular flexibility index (Phi) is 3.62. The van der Waals surface area contributed by atoms with Crippen LogP contribution in [-0.4, -0.2) is 13.7 Å². The van der Waals surface area contributed by atoms with E-state index in [1.165, 1.54) is 31.2 Å². The van der Waals surface area contributed by atoms with Crippen LogP contribution in [0.2, 0.25) is 0 Å². The van der Waals surface area contributed by atoms with Crippen molar-refractivity contribution in [1.82, 2.24) is 5.32 Å². The van der Waals surface area contributed by atoms with Crippen molar-refractivity contribution in [2.24, 2.45) is 0 Å². The lowest BCUT2D eigenvalue weighted by molar-refractivity contribution is 0.397. The summed E-state index contributed by atoms with van der Waals surface area (Å²) in [6, 6.07) is 8.80. The molecule has 0 saturated carbocycles. The van der Waals surface area contributed by atoms with Gasteiger partial charge in [-0.15, -0.1) is 0 Å². The molecule has 15 heavy (non-hydrogen) atoms. The maximum atomic E-state index is 5.40. The van der Waals surface area contributed by atoms with Gasteiger partial charge >= 0.3 is 0 Å². The summed E-state index contributed by atoms with van der Waals surface area (Å²) >= 11 is 0. The van der Waals surface area contributed by atoms with Crippen molar-refractivity contribution >= 4 is 0 Å². The topological polar surface area (TPSA) is 21.3 Å². The standard InChI is InChI=1S/C13H19NO/c1-15-13-9-5-4-7-11(13)12-8-3-2-6-10-14-12/h4-5,7,9,12,14H,2-3,6,8,10H2,1H3. The molecule has 1 heterocycles. The molecule has 1 saturated heterocycles. The summed E-state index contributed by atoms with van der Waals surface area (Å²) in [6.45, 7) is 1.13. The van der Waals surface area contributed by atoms with Crippen molar-refractivity contribution in [2.75, 3.05) is 13.7 Å². The molecule has 2 rings (SSSR count). The van der Waals surface area contributed by atoms with Gasteiger partial charge in [0, 0.05) is 11.6 Å². The average Bonchev–Trinajstić information content (AvgIpc) is 2.57. The van der Waals surface area contributed by atoms with E-state index in [4.69, 9.17) is 4.74 Å². The predicted molar refractivity (Wildman–Crippen MR) is 62.2 cm³/mol. The van der Waals surface area contributed by atoms with Gasteiger partial charge in [0.2, 0.25) is 0 Å². The van der Waals surface area contributed by atoms with E-state index in [9.17, 15) is 0 Å². The van der Waals surface area contributed by atoms with Crippen molar-refractivity contribution in [3.05, 3.63) is 29.8 Å². The maximum Gasteiger partial charge on any atom is 0.123 e. The van der Waals surface area contributed by atoms with E-state index in [0.717, 1.165) is 12.3 Å². The highest BCUT2D eigenvalue weighted by Gasteiger charge is 2.16. The third-order valence-electron chi connectivity index (χ3n) is 3.07. The molecule has 0 aliphatic carbocycles. The van der Waals surface area contributed by atoms with E-state index < -0.39 is 0 Å². The van der Waals surface area contributed by atoms with Crippen LogP contribution in [0.1, 0.15) is 37.3 Å². The molecule has 1 atom stereocenters. The second-order valence-electron chi connectivity index (χ2n) is 4.10. The molecule has 1 N–H and O–H groups in total. The SMILES string of the molecule is COc1ccccc1C1CCCCCN1. The average molecular weight is 205 g/mol. The van der Waals surface area contributed by atoms with Gasteiger partial charge in [-0.25, -0.2) is 0 Å². The van der Waals surface area contributed by atoms with Crippen molar-refractivity contribution < 1.29 is 4.74 Å². The van der Waals surface area contributed by atoms with E-state index in [0.29, 0.717) is 6.04 Å². The molecule has 2 nitrogen and oxygen atoms in total. The van der Waals surface area contributed by atoms with Gasteiger partial charge in [0.1, 0.15) is 5.75 Å². The normalized spacial score (nSPS) is 22.1. The first kappa shape index (κ1) is 10.5. The monoisotopic (exact) mass is 205 g/mol. The van der Waals surface area contributed by atoms with Gasteiger partial charge < -0.3 is 10.1 Å². The first-order valence-electron chi connectivity index (χ1n) is 5.78. The molecule has 0 radical (unpaired) electrons. The Morgan fingerprint density at radius 3 is 2.93 bits per heavy atom. The fourth-order valence-electron chi connectivity index (χ4n) is 2.25. The van der Waals surface area contributed by atoms with Crippen LogP contribution in [0, 0.1) is 0 Å². The van der Waals surface area contributed by atoms with Gasteiger partial charge in [0.15, 0.2) is 0 Å². The summed E-state index contributed by atoms with van der Waals surface area (Å²) in [4.78, 5) is 0. The van der Waals surface area contributed by atoms with Crippen LogP contribution in [0.15, 0.2) is 24.3 Å². The summed E-state index contributed by atoms with van der Waals surface area (Å²) in [7, 11) is 1.75. The lowest BCUT2D eigenvalue weighted by Gasteiger charge is -2.18. The summed E-state index contributed by atoms with van der Waals surface area (Å²) in [5.41, 5.74) is 1.31. The first-order valence-corrected chi connectivity index (χ1v) is 5.78. The van der Waals surface area contributed by atoms with E-state index in [1.54, 1.807) is 7.11 Å². The second kappa shape index (κ2) is 5.17. The van der Waals surface area contributed by atoms with Crippen LogP contribution >= 0.6 is 0 Å². The van der Waals surface area contributed by atoms with Crippen LogP contribution in [-0.2, 0) is 0 Å². The van der Waals surface area contributed by atoms with E-state index in [-0.39, 0.29) is 0 Å². The summed E-state index contributed by atoms with van der Waals surface area (Å²) in [5.74, 6) is 1.01. The molecule has 0 aromatic heterocycles. The molecule has 1 aromatic rings. The van der Waals surface area contributed by atoms with E-state index >= 15 is 0 Å². The lowest BCUT2D eigenvalue weighted by Crippen LogP contribution is -2.20. The highest BCUT2D eigenvalue weighted by atomic mass is 16.5. The summed E-state index contributed by atoms with van der Waals surface area (Å²) in [5, 5.41) is 3.59. The Morgan fingerprint density at radius 2 is 2.07 bits per heavy atom. The Hall–Kier alpha value is -1.02. The first-order chi connectivity index (χ1) is 7.42. The summed E-state index contributed by atoms with van der Waals surface area (Å²) in [6.07, 6.45) is 5.18. The number of benzene rings is 1. The molecule has 2 heteroatoms. The zero-order valence-electron chi connectivity index (χ0n) is 9.33. The number of rotatable bonds is 2. The maximum absolute atomic E-state index is 5.40. The quantitative estimate of drug-likeness (QED) is 0.801. The Labute approximate surface area is 91.6 Å². The van der Waals surface area contributed by atoms with Crippen LogP contribution in [0.3, 0.4) is 0 Å². The number of hydrogen-bond donors (Lipinski definition) is 1. The lowest BCUT2D eigenvalue weighted by atomic mass is 10.0. The zero-order valence-corrected chi connectivity index (χ0v) is 9.33. The molecule has 82 valence electrons. The van der Waals surface area contributed by atoms with E-state index in [2.05, 4.69) is 17.4 Å². The third kappa shape index (κ3) is 2.51. The second-order valence-corrected chi connectivity index (χ2v) is 4.10. The van der Waals surface area contributed by atoms with Gasteiger partial charge in [0.25, 0.3) is 0 Å². The highest BCUT2D eigenvalue weighted by Crippen LogP contribution is 2.29. The van der Waals surface area contributed by atoms with Crippen molar-refractivity contribution in [2.45, 2.75) is 31.7 Å². The van der Waals surface area contributed by atoms with Crippen molar-refractivity contribution in [3.63, 3.8) is 0 Å². The van der Waals surface area contributed by atoms with Gasteiger partial charge in [0.05, 0.1) is 7.11 Å². The third-order valence-corrected chi connectivity index (χ3v) is 3.07. The Bertz CT molecular complexity index is 303. The summed E-state index contributed by atoms with van der Waals surface area (Å²) < 4.78 is 5.40. The van der Waals surface area contributed by atoms with Crippen LogP contribution in [0.4, 0.5) is 0 Å². The highest BCUT2D eigenvalue weighted by molar-refractivity contribution is 5.35. The van der Waals surface area contributed by atoms with Crippen molar-refractivity contribution in [1.29, 1.82) is 0 Å². The fourth-order valence-corrected chi connectivity index (χ4v) is 2.25. The van der Waals surface area contributed by atoms with E-state index in [1.807, 2.05) is 12.1 Å². The Balaban J connectivity index is 2.18. The smallest absolute Gasteiger partial charge is 0.123 e. The van der Waals surface area contributed by atoms with Gasteiger partial charge in [-0.05, 0) is 25.5 Å². The Morgan fingerprint density at radius 1 is 1.20 bits per heavy atom. The molecular weight excluding hydrogens is 186 g/mol. The number of hydrogen-bond acceptors (Lipinski definition) is 2. The minimum absolute atomic E-state index is 0.476.